The SMILES string of the molecule is CSCC[C@H](NC(=O)[C@H](CCC(=O)O)NC(=O)[C@@H]1CCCN1)C(=O)O. The molecule has 1 fully saturated rings. The molecule has 0 spiro atoms. The lowest BCUT2D eigenvalue weighted by molar-refractivity contribution is -0.143. The minimum atomic E-state index is -1.16. The molecular formula is C15H25N3O6S. The van der Waals surface area contributed by atoms with E-state index in [1.807, 2.05) is 6.26 Å². The molecule has 9 nitrogen and oxygen atoms in total. The number of thioether (sulfide) groups is 1. The Kier molecular flexibility index (Phi) is 9.28. The molecule has 0 radical (unpaired) electrons. The highest BCUT2D eigenvalue weighted by atomic mass is 32.2. The van der Waals surface area contributed by atoms with Crippen molar-refractivity contribution in [1.29, 1.82) is 0 Å². The van der Waals surface area contributed by atoms with Crippen LogP contribution in [0, 0.1) is 0 Å². The lowest BCUT2D eigenvalue weighted by Crippen LogP contribution is -2.54. The largest absolute Gasteiger partial charge is 0.481 e. The molecule has 0 aromatic carbocycles. The van der Waals surface area contributed by atoms with Gasteiger partial charge in [-0.3, -0.25) is 14.4 Å². The summed E-state index contributed by atoms with van der Waals surface area (Å²) in [6, 6.07) is -2.57. The van der Waals surface area contributed by atoms with Crippen LogP contribution in [0.1, 0.15) is 32.1 Å². The molecule has 1 rings (SSSR count). The van der Waals surface area contributed by atoms with Gasteiger partial charge in [-0.2, -0.15) is 11.8 Å². The van der Waals surface area contributed by atoms with Crippen LogP contribution in [0.5, 0.6) is 0 Å². The van der Waals surface area contributed by atoms with E-state index in [4.69, 9.17) is 5.11 Å². The minimum Gasteiger partial charge on any atom is -0.481 e. The van der Waals surface area contributed by atoms with Crippen LogP contribution in [0.15, 0.2) is 0 Å². The number of rotatable bonds is 11. The summed E-state index contributed by atoms with van der Waals surface area (Å²) in [7, 11) is 0. The average molecular weight is 375 g/mol. The van der Waals surface area contributed by atoms with Crippen molar-refractivity contribution >= 4 is 35.5 Å². The number of amides is 2. The van der Waals surface area contributed by atoms with Crippen molar-refractivity contribution in [2.24, 2.45) is 0 Å². The molecule has 10 heteroatoms. The Morgan fingerprint density at radius 3 is 2.40 bits per heavy atom. The quantitative estimate of drug-likeness (QED) is 0.322. The first-order valence-electron chi connectivity index (χ1n) is 8.12. The summed E-state index contributed by atoms with van der Waals surface area (Å²) < 4.78 is 0. The van der Waals surface area contributed by atoms with Gasteiger partial charge >= 0.3 is 11.9 Å². The predicted octanol–water partition coefficient (Wildman–Crippen LogP) is -0.589. The molecule has 25 heavy (non-hydrogen) atoms. The molecule has 1 aliphatic rings. The first-order chi connectivity index (χ1) is 11.8. The number of carbonyl (C=O) groups is 4. The first kappa shape index (κ1) is 21.2. The van der Waals surface area contributed by atoms with Crippen molar-refractivity contribution < 1.29 is 29.4 Å². The number of hydrogen-bond donors (Lipinski definition) is 5. The normalized spacial score (nSPS) is 19.0. The third kappa shape index (κ3) is 7.74. The summed E-state index contributed by atoms with van der Waals surface area (Å²) in [4.78, 5) is 46.6. The van der Waals surface area contributed by atoms with Gasteiger partial charge in [0.25, 0.3) is 0 Å². The van der Waals surface area contributed by atoms with Crippen molar-refractivity contribution in [1.82, 2.24) is 16.0 Å². The third-order valence-electron chi connectivity index (χ3n) is 3.88. The Balaban J connectivity index is 2.70. The van der Waals surface area contributed by atoms with E-state index in [9.17, 15) is 24.3 Å². The highest BCUT2D eigenvalue weighted by Crippen LogP contribution is 2.08. The molecule has 1 heterocycles. The summed E-state index contributed by atoms with van der Waals surface area (Å²) in [5, 5.41) is 25.9. The van der Waals surface area contributed by atoms with Gasteiger partial charge < -0.3 is 26.2 Å². The highest BCUT2D eigenvalue weighted by Gasteiger charge is 2.30. The molecular weight excluding hydrogens is 350 g/mol. The second-order valence-electron chi connectivity index (χ2n) is 5.82. The van der Waals surface area contributed by atoms with E-state index in [1.165, 1.54) is 11.8 Å². The second-order valence-corrected chi connectivity index (χ2v) is 6.81. The van der Waals surface area contributed by atoms with Gasteiger partial charge in [-0.25, -0.2) is 4.79 Å². The van der Waals surface area contributed by atoms with Gasteiger partial charge in [-0.15, -0.1) is 0 Å². The van der Waals surface area contributed by atoms with Gasteiger partial charge in [-0.1, -0.05) is 0 Å². The van der Waals surface area contributed by atoms with Crippen LogP contribution in [0.25, 0.3) is 0 Å². The summed E-state index contributed by atoms with van der Waals surface area (Å²) in [6.45, 7) is 0.708. The molecule has 0 aromatic heterocycles. The molecule has 0 aromatic rings. The van der Waals surface area contributed by atoms with E-state index >= 15 is 0 Å². The van der Waals surface area contributed by atoms with E-state index < -0.39 is 36.0 Å². The van der Waals surface area contributed by atoms with Crippen LogP contribution < -0.4 is 16.0 Å². The topological polar surface area (TPSA) is 145 Å². The lowest BCUT2D eigenvalue weighted by atomic mass is 10.1. The number of hydrogen-bond acceptors (Lipinski definition) is 6. The molecule has 1 aliphatic heterocycles. The Bertz CT molecular complexity index is 496. The Labute approximate surface area is 150 Å². The lowest BCUT2D eigenvalue weighted by Gasteiger charge is -2.22. The van der Waals surface area contributed by atoms with E-state index in [1.54, 1.807) is 0 Å². The summed E-state index contributed by atoms with van der Waals surface area (Å²) >= 11 is 1.45. The zero-order valence-corrected chi connectivity index (χ0v) is 14.9. The Hall–Kier alpha value is -1.81. The smallest absolute Gasteiger partial charge is 0.326 e. The molecule has 0 aliphatic carbocycles. The molecule has 5 N–H and O–H groups in total. The molecule has 1 saturated heterocycles. The van der Waals surface area contributed by atoms with Gasteiger partial charge in [0.15, 0.2) is 0 Å². The van der Waals surface area contributed by atoms with Crippen molar-refractivity contribution in [3.63, 3.8) is 0 Å². The number of carboxylic acids is 2. The Morgan fingerprint density at radius 2 is 1.88 bits per heavy atom. The van der Waals surface area contributed by atoms with Gasteiger partial charge in [0.05, 0.1) is 6.04 Å². The van der Waals surface area contributed by atoms with Crippen molar-refractivity contribution in [2.75, 3.05) is 18.6 Å². The zero-order valence-electron chi connectivity index (χ0n) is 14.1. The fourth-order valence-corrected chi connectivity index (χ4v) is 2.95. The fourth-order valence-electron chi connectivity index (χ4n) is 2.48. The fraction of sp³-hybridized carbons (Fsp3) is 0.733. The molecule has 142 valence electrons. The van der Waals surface area contributed by atoms with Gasteiger partial charge in [0.1, 0.15) is 12.1 Å². The van der Waals surface area contributed by atoms with Crippen molar-refractivity contribution in [3.05, 3.63) is 0 Å². The average Bonchev–Trinajstić information content (AvgIpc) is 3.08. The zero-order chi connectivity index (χ0) is 18.8. The number of carboxylic acid groups (broad SMARTS) is 2. The third-order valence-corrected chi connectivity index (χ3v) is 4.53. The van der Waals surface area contributed by atoms with Crippen molar-refractivity contribution in [3.8, 4) is 0 Å². The van der Waals surface area contributed by atoms with E-state index in [-0.39, 0.29) is 25.2 Å². The van der Waals surface area contributed by atoms with Gasteiger partial charge in [0, 0.05) is 6.42 Å². The van der Waals surface area contributed by atoms with Gasteiger partial charge in [0.2, 0.25) is 11.8 Å². The van der Waals surface area contributed by atoms with Crippen LogP contribution in [-0.4, -0.2) is 70.6 Å². The maximum absolute atomic E-state index is 12.4. The number of nitrogens with one attached hydrogen (secondary N) is 3. The monoisotopic (exact) mass is 375 g/mol. The first-order valence-corrected chi connectivity index (χ1v) is 9.52. The summed E-state index contributed by atoms with van der Waals surface area (Å²) in [5.74, 6) is -2.76. The standard InChI is InChI=1S/C15H25N3O6S/c1-25-8-6-11(15(23)24)18-14(22)10(4-5-12(19)20)17-13(21)9-3-2-7-16-9/h9-11,16H,2-8H2,1H3,(H,17,21)(H,18,22)(H,19,20)(H,23,24)/t9-,10-,11-/m0/s1. The van der Waals surface area contributed by atoms with Gasteiger partial charge in [-0.05, 0) is 44.2 Å². The molecule has 0 saturated carbocycles. The maximum Gasteiger partial charge on any atom is 0.326 e. The van der Waals surface area contributed by atoms with Crippen LogP contribution in [0.3, 0.4) is 0 Å². The van der Waals surface area contributed by atoms with Crippen molar-refractivity contribution in [2.45, 2.75) is 50.2 Å². The number of aliphatic carboxylic acids is 2. The Morgan fingerprint density at radius 1 is 1.16 bits per heavy atom. The van der Waals surface area contributed by atoms with E-state index in [2.05, 4.69) is 16.0 Å². The van der Waals surface area contributed by atoms with Crippen LogP contribution in [0.2, 0.25) is 0 Å². The molecule has 2 amide bonds. The molecule has 0 unspecified atom stereocenters. The summed E-state index contributed by atoms with van der Waals surface area (Å²) in [5.41, 5.74) is 0. The van der Waals surface area contributed by atoms with E-state index in [0.29, 0.717) is 18.7 Å². The number of carbonyl (C=O) groups excluding carboxylic acids is 2. The molecule has 3 atom stereocenters. The molecule has 0 bridgehead atoms. The van der Waals surface area contributed by atoms with Crippen LogP contribution in [-0.2, 0) is 19.2 Å². The van der Waals surface area contributed by atoms with E-state index in [0.717, 1.165) is 6.42 Å². The maximum atomic E-state index is 12.4. The van der Waals surface area contributed by atoms with Crippen LogP contribution >= 0.6 is 11.8 Å². The predicted molar refractivity (Wildman–Crippen MR) is 92.4 cm³/mol. The minimum absolute atomic E-state index is 0.103. The summed E-state index contributed by atoms with van der Waals surface area (Å²) in [6.07, 6.45) is 3.15. The second kappa shape index (κ2) is 10.9. The highest BCUT2D eigenvalue weighted by molar-refractivity contribution is 7.98. The van der Waals surface area contributed by atoms with Crippen LogP contribution in [0.4, 0.5) is 0 Å².